The van der Waals surface area contributed by atoms with Crippen LogP contribution >= 0.6 is 0 Å². The third kappa shape index (κ3) is 1.96. The lowest BCUT2D eigenvalue weighted by Crippen LogP contribution is -2.50. The van der Waals surface area contributed by atoms with Crippen molar-refractivity contribution in [3.05, 3.63) is 0 Å². The Hall–Kier alpha value is -0.0800. The van der Waals surface area contributed by atoms with Crippen molar-refractivity contribution >= 4 is 0 Å². The quantitative estimate of drug-likeness (QED) is 0.643. The van der Waals surface area contributed by atoms with Crippen LogP contribution in [0.5, 0.6) is 0 Å². The van der Waals surface area contributed by atoms with Crippen LogP contribution in [0.3, 0.4) is 0 Å². The van der Waals surface area contributed by atoms with E-state index >= 15 is 0 Å². The molecule has 0 aromatic carbocycles. The molecule has 1 spiro atoms. The zero-order valence-electron chi connectivity index (χ0n) is 9.73. The van der Waals surface area contributed by atoms with Crippen LogP contribution < -0.4 is 5.32 Å². The number of ether oxygens (including phenoxy) is 1. The Morgan fingerprint density at radius 3 is 2.64 bits per heavy atom. The molecule has 0 amide bonds. The topological polar surface area (TPSA) is 21.3 Å². The maximum Gasteiger partial charge on any atom is 0.0524 e. The molecule has 0 aromatic rings. The van der Waals surface area contributed by atoms with E-state index in [0.29, 0.717) is 16.9 Å². The SMILES string of the molecule is CC(C)(C)C1CC2(CCN1)CCOC2. The molecule has 2 heteroatoms. The number of nitrogens with one attached hydrogen (secondary N) is 1. The minimum Gasteiger partial charge on any atom is -0.381 e. The van der Waals surface area contributed by atoms with E-state index in [9.17, 15) is 0 Å². The molecule has 82 valence electrons. The van der Waals surface area contributed by atoms with E-state index < -0.39 is 0 Å². The molecular weight excluding hydrogens is 174 g/mol. The van der Waals surface area contributed by atoms with Crippen LogP contribution in [0.2, 0.25) is 0 Å². The third-order valence-electron chi connectivity index (χ3n) is 3.91. The molecule has 2 unspecified atom stereocenters. The van der Waals surface area contributed by atoms with Crippen LogP contribution in [-0.2, 0) is 4.74 Å². The number of hydrogen-bond acceptors (Lipinski definition) is 2. The molecule has 0 radical (unpaired) electrons. The van der Waals surface area contributed by atoms with Crippen LogP contribution in [0.15, 0.2) is 0 Å². The molecule has 2 aliphatic heterocycles. The second-order valence-electron chi connectivity index (χ2n) is 6.13. The third-order valence-corrected chi connectivity index (χ3v) is 3.91. The van der Waals surface area contributed by atoms with Crippen molar-refractivity contribution in [1.29, 1.82) is 0 Å². The van der Waals surface area contributed by atoms with Crippen LogP contribution in [0, 0.1) is 10.8 Å². The lowest BCUT2D eigenvalue weighted by atomic mass is 9.69. The maximum absolute atomic E-state index is 5.57. The summed E-state index contributed by atoms with van der Waals surface area (Å²) in [5.41, 5.74) is 0.902. The second-order valence-corrected chi connectivity index (χ2v) is 6.13. The minimum absolute atomic E-state index is 0.385. The van der Waals surface area contributed by atoms with Crippen LogP contribution in [0.25, 0.3) is 0 Å². The molecule has 2 nitrogen and oxygen atoms in total. The first-order valence-corrected chi connectivity index (χ1v) is 5.83. The first kappa shape index (κ1) is 10.4. The Labute approximate surface area is 87.4 Å². The van der Waals surface area contributed by atoms with Gasteiger partial charge in [-0.05, 0) is 36.6 Å². The summed E-state index contributed by atoms with van der Waals surface area (Å²) < 4.78 is 5.57. The molecule has 0 bridgehead atoms. The van der Waals surface area contributed by atoms with Crippen molar-refractivity contribution in [2.75, 3.05) is 19.8 Å². The highest BCUT2D eigenvalue weighted by molar-refractivity contribution is 4.96. The summed E-state index contributed by atoms with van der Waals surface area (Å²) in [6, 6.07) is 0.665. The Bertz CT molecular complexity index is 201. The first-order chi connectivity index (χ1) is 6.52. The lowest BCUT2D eigenvalue weighted by molar-refractivity contribution is 0.0817. The monoisotopic (exact) mass is 197 g/mol. The molecule has 2 fully saturated rings. The van der Waals surface area contributed by atoms with Crippen molar-refractivity contribution in [1.82, 2.24) is 5.32 Å². The average molecular weight is 197 g/mol. The molecule has 0 saturated carbocycles. The zero-order chi connectivity index (χ0) is 10.2. The number of rotatable bonds is 0. The van der Waals surface area contributed by atoms with Gasteiger partial charge in [0.1, 0.15) is 0 Å². The van der Waals surface area contributed by atoms with Gasteiger partial charge in [0.25, 0.3) is 0 Å². The predicted molar refractivity (Wildman–Crippen MR) is 58.3 cm³/mol. The summed E-state index contributed by atoms with van der Waals surface area (Å²) >= 11 is 0. The standard InChI is InChI=1S/C12H23NO/c1-11(2,3)10-8-12(4-6-13-10)5-7-14-9-12/h10,13H,4-9H2,1-3H3. The second kappa shape index (κ2) is 3.49. The van der Waals surface area contributed by atoms with Gasteiger partial charge in [-0.25, -0.2) is 0 Å². The van der Waals surface area contributed by atoms with Gasteiger partial charge in [0.2, 0.25) is 0 Å². The van der Waals surface area contributed by atoms with E-state index in [0.717, 1.165) is 13.2 Å². The van der Waals surface area contributed by atoms with E-state index in [4.69, 9.17) is 4.74 Å². The van der Waals surface area contributed by atoms with Gasteiger partial charge in [-0.2, -0.15) is 0 Å². The van der Waals surface area contributed by atoms with Crippen molar-refractivity contribution in [3.8, 4) is 0 Å². The Balaban J connectivity index is 2.03. The zero-order valence-corrected chi connectivity index (χ0v) is 9.73. The summed E-state index contributed by atoms with van der Waals surface area (Å²) in [5.74, 6) is 0. The summed E-state index contributed by atoms with van der Waals surface area (Å²) in [6.07, 6.45) is 3.89. The van der Waals surface area contributed by atoms with E-state index in [1.165, 1.54) is 25.8 Å². The highest BCUT2D eigenvalue weighted by Gasteiger charge is 2.42. The van der Waals surface area contributed by atoms with E-state index in [1.807, 2.05) is 0 Å². The fourth-order valence-corrected chi connectivity index (χ4v) is 2.74. The molecule has 2 atom stereocenters. The van der Waals surface area contributed by atoms with Crippen LogP contribution in [-0.4, -0.2) is 25.8 Å². The van der Waals surface area contributed by atoms with Crippen molar-refractivity contribution < 1.29 is 4.74 Å². The van der Waals surface area contributed by atoms with Gasteiger partial charge in [-0.3, -0.25) is 0 Å². The molecule has 2 rings (SSSR count). The first-order valence-electron chi connectivity index (χ1n) is 5.83. The minimum atomic E-state index is 0.385. The van der Waals surface area contributed by atoms with Crippen LogP contribution in [0.1, 0.15) is 40.0 Å². The fourth-order valence-electron chi connectivity index (χ4n) is 2.74. The lowest BCUT2D eigenvalue weighted by Gasteiger charge is -2.43. The van der Waals surface area contributed by atoms with Gasteiger partial charge in [-0.1, -0.05) is 20.8 Å². The van der Waals surface area contributed by atoms with Gasteiger partial charge in [0, 0.05) is 12.6 Å². The summed E-state index contributed by atoms with van der Waals surface area (Å²) in [7, 11) is 0. The molecule has 0 aromatic heterocycles. The molecule has 0 aliphatic carbocycles. The molecule has 14 heavy (non-hydrogen) atoms. The smallest absolute Gasteiger partial charge is 0.0524 e. The van der Waals surface area contributed by atoms with Crippen molar-refractivity contribution in [2.24, 2.45) is 10.8 Å². The largest absolute Gasteiger partial charge is 0.381 e. The Morgan fingerprint density at radius 1 is 1.29 bits per heavy atom. The number of piperidine rings is 1. The maximum atomic E-state index is 5.57. The predicted octanol–water partition coefficient (Wildman–Crippen LogP) is 2.19. The Kier molecular flexibility index (Phi) is 2.61. The summed E-state index contributed by atoms with van der Waals surface area (Å²) in [6.45, 7) is 10.2. The molecule has 1 N–H and O–H groups in total. The molecule has 2 saturated heterocycles. The van der Waals surface area contributed by atoms with Crippen LogP contribution in [0.4, 0.5) is 0 Å². The highest BCUT2D eigenvalue weighted by Crippen LogP contribution is 2.42. The molecule has 2 aliphatic rings. The van der Waals surface area contributed by atoms with E-state index in [1.54, 1.807) is 0 Å². The van der Waals surface area contributed by atoms with Gasteiger partial charge < -0.3 is 10.1 Å². The summed E-state index contributed by atoms with van der Waals surface area (Å²) in [4.78, 5) is 0. The molecule has 2 heterocycles. The normalized spacial score (nSPS) is 39.2. The van der Waals surface area contributed by atoms with E-state index in [2.05, 4.69) is 26.1 Å². The van der Waals surface area contributed by atoms with Crippen molar-refractivity contribution in [2.45, 2.75) is 46.1 Å². The average Bonchev–Trinajstić information content (AvgIpc) is 2.52. The van der Waals surface area contributed by atoms with Crippen molar-refractivity contribution in [3.63, 3.8) is 0 Å². The molecular formula is C12H23NO. The van der Waals surface area contributed by atoms with Gasteiger partial charge >= 0.3 is 0 Å². The highest BCUT2D eigenvalue weighted by atomic mass is 16.5. The van der Waals surface area contributed by atoms with Gasteiger partial charge in [0.15, 0.2) is 0 Å². The number of hydrogen-bond donors (Lipinski definition) is 1. The van der Waals surface area contributed by atoms with Gasteiger partial charge in [0.05, 0.1) is 6.61 Å². The fraction of sp³-hybridized carbons (Fsp3) is 1.00. The summed E-state index contributed by atoms with van der Waals surface area (Å²) in [5, 5.41) is 3.65. The van der Waals surface area contributed by atoms with E-state index in [-0.39, 0.29) is 0 Å². The Morgan fingerprint density at radius 2 is 2.07 bits per heavy atom. The van der Waals surface area contributed by atoms with Gasteiger partial charge in [-0.15, -0.1) is 0 Å².